The summed E-state index contributed by atoms with van der Waals surface area (Å²) in [5, 5.41) is 14.5. The van der Waals surface area contributed by atoms with Gasteiger partial charge in [-0.2, -0.15) is 0 Å². The van der Waals surface area contributed by atoms with Gasteiger partial charge in [-0.3, -0.25) is 14.4 Å². The summed E-state index contributed by atoms with van der Waals surface area (Å²) in [5.74, 6) is -1.68. The highest BCUT2D eigenvalue weighted by Gasteiger charge is 2.37. The smallest absolute Gasteiger partial charge is 0.305 e. The van der Waals surface area contributed by atoms with E-state index < -0.39 is 12.0 Å². The fourth-order valence-electron chi connectivity index (χ4n) is 2.45. The average Bonchev–Trinajstić information content (AvgIpc) is 2.84. The van der Waals surface area contributed by atoms with Crippen molar-refractivity contribution < 1.29 is 19.5 Å². The third-order valence-electron chi connectivity index (χ3n) is 3.39. The van der Waals surface area contributed by atoms with E-state index in [1.165, 1.54) is 4.90 Å². The third-order valence-corrected chi connectivity index (χ3v) is 3.39. The number of hydrogen-bond donors (Lipinski definition) is 3. The first-order chi connectivity index (χ1) is 8.59. The van der Waals surface area contributed by atoms with Crippen LogP contribution in [0.5, 0.6) is 0 Å². The van der Waals surface area contributed by atoms with Gasteiger partial charge in [0.05, 0.1) is 12.3 Å². The van der Waals surface area contributed by atoms with Crippen molar-refractivity contribution in [1.29, 1.82) is 0 Å². The molecule has 2 amide bonds. The summed E-state index contributed by atoms with van der Waals surface area (Å²) in [5.41, 5.74) is 0. The first kappa shape index (κ1) is 12.8. The molecule has 0 aromatic heterocycles. The summed E-state index contributed by atoms with van der Waals surface area (Å²) in [7, 11) is 0. The average molecular weight is 255 g/mol. The van der Waals surface area contributed by atoms with Gasteiger partial charge in [-0.1, -0.05) is 0 Å². The molecule has 2 atom stereocenters. The van der Waals surface area contributed by atoms with Crippen LogP contribution in [-0.4, -0.2) is 60.0 Å². The second kappa shape index (κ2) is 5.34. The number of nitrogens with one attached hydrogen (secondary N) is 2. The van der Waals surface area contributed by atoms with E-state index in [4.69, 9.17) is 5.11 Å². The molecule has 0 saturated carbocycles. The summed E-state index contributed by atoms with van der Waals surface area (Å²) in [6.45, 7) is 2.18. The molecule has 0 bridgehead atoms. The normalized spacial score (nSPS) is 28.0. The third kappa shape index (κ3) is 2.61. The number of carboxylic acid groups (broad SMARTS) is 1. The Hall–Kier alpha value is -1.63. The van der Waals surface area contributed by atoms with Crippen LogP contribution in [0.2, 0.25) is 0 Å². The number of carbonyl (C=O) groups excluding carboxylic acids is 2. The van der Waals surface area contributed by atoms with Crippen LogP contribution in [0.1, 0.15) is 12.8 Å². The molecule has 18 heavy (non-hydrogen) atoms. The molecule has 7 heteroatoms. The fourth-order valence-corrected chi connectivity index (χ4v) is 2.45. The summed E-state index contributed by atoms with van der Waals surface area (Å²) >= 11 is 0. The number of aliphatic carboxylic acids is 1. The van der Waals surface area contributed by atoms with Crippen LogP contribution in [0.25, 0.3) is 0 Å². The summed E-state index contributed by atoms with van der Waals surface area (Å²) in [6, 6.07) is -0.871. The molecule has 2 heterocycles. The SMILES string of the molecule is O=C(O)CC1C(=O)NCCN1C(=O)C1CCNC1. The largest absolute Gasteiger partial charge is 0.481 e. The minimum atomic E-state index is -1.07. The lowest BCUT2D eigenvalue weighted by atomic mass is 10.0. The van der Waals surface area contributed by atoms with Gasteiger partial charge < -0.3 is 20.6 Å². The number of amides is 2. The molecular formula is C11H17N3O4. The number of carbonyl (C=O) groups is 3. The molecule has 2 fully saturated rings. The van der Waals surface area contributed by atoms with Gasteiger partial charge in [0, 0.05) is 19.6 Å². The second-order valence-electron chi connectivity index (χ2n) is 4.63. The number of piperazine rings is 1. The van der Waals surface area contributed by atoms with E-state index in [9.17, 15) is 14.4 Å². The number of carboxylic acids is 1. The van der Waals surface area contributed by atoms with E-state index >= 15 is 0 Å². The lowest BCUT2D eigenvalue weighted by Gasteiger charge is -2.35. The lowest BCUT2D eigenvalue weighted by Crippen LogP contribution is -2.59. The standard InChI is InChI=1S/C11H17N3O4/c15-9(16)5-8-10(17)13-3-4-14(8)11(18)7-1-2-12-6-7/h7-8,12H,1-6H2,(H,13,17)(H,15,16). The van der Waals surface area contributed by atoms with Crippen LogP contribution in [0.15, 0.2) is 0 Å². The molecule has 7 nitrogen and oxygen atoms in total. The van der Waals surface area contributed by atoms with Gasteiger partial charge in [-0.15, -0.1) is 0 Å². The zero-order chi connectivity index (χ0) is 13.1. The van der Waals surface area contributed by atoms with Gasteiger partial charge in [-0.25, -0.2) is 0 Å². The van der Waals surface area contributed by atoms with E-state index in [0.29, 0.717) is 19.6 Å². The lowest BCUT2D eigenvalue weighted by molar-refractivity contribution is -0.150. The van der Waals surface area contributed by atoms with Crippen LogP contribution in [0.4, 0.5) is 0 Å². The Morgan fingerprint density at radius 3 is 2.78 bits per heavy atom. The highest BCUT2D eigenvalue weighted by molar-refractivity contribution is 5.92. The second-order valence-corrected chi connectivity index (χ2v) is 4.63. The zero-order valence-electron chi connectivity index (χ0n) is 10.0. The Bertz CT molecular complexity index is 365. The number of nitrogens with zero attached hydrogens (tertiary/aromatic N) is 1. The molecular weight excluding hydrogens is 238 g/mol. The van der Waals surface area contributed by atoms with E-state index in [-0.39, 0.29) is 24.2 Å². The van der Waals surface area contributed by atoms with Crippen molar-refractivity contribution in [1.82, 2.24) is 15.5 Å². The van der Waals surface area contributed by atoms with Crippen molar-refractivity contribution in [3.63, 3.8) is 0 Å². The molecule has 0 spiro atoms. The number of rotatable bonds is 3. The van der Waals surface area contributed by atoms with Crippen LogP contribution >= 0.6 is 0 Å². The van der Waals surface area contributed by atoms with Crippen molar-refractivity contribution in [2.24, 2.45) is 5.92 Å². The minimum Gasteiger partial charge on any atom is -0.481 e. The van der Waals surface area contributed by atoms with Crippen LogP contribution in [-0.2, 0) is 14.4 Å². The van der Waals surface area contributed by atoms with Gasteiger partial charge in [0.15, 0.2) is 0 Å². The molecule has 2 aliphatic rings. The van der Waals surface area contributed by atoms with Crippen molar-refractivity contribution in [3.05, 3.63) is 0 Å². The molecule has 0 radical (unpaired) electrons. The molecule has 0 aromatic carbocycles. The first-order valence-electron chi connectivity index (χ1n) is 6.10. The predicted molar refractivity (Wildman–Crippen MR) is 61.7 cm³/mol. The van der Waals surface area contributed by atoms with Crippen molar-refractivity contribution >= 4 is 17.8 Å². The quantitative estimate of drug-likeness (QED) is 0.564. The maximum atomic E-state index is 12.3. The highest BCUT2D eigenvalue weighted by Crippen LogP contribution is 2.17. The molecule has 2 unspecified atom stereocenters. The molecule has 2 rings (SSSR count). The molecule has 3 N–H and O–H groups in total. The predicted octanol–water partition coefficient (Wildman–Crippen LogP) is -1.60. The Kier molecular flexibility index (Phi) is 3.81. The molecule has 0 aromatic rings. The molecule has 100 valence electrons. The maximum Gasteiger partial charge on any atom is 0.305 e. The maximum absolute atomic E-state index is 12.3. The Labute approximate surface area is 105 Å². The van der Waals surface area contributed by atoms with E-state index in [0.717, 1.165) is 13.0 Å². The zero-order valence-corrected chi connectivity index (χ0v) is 10.0. The van der Waals surface area contributed by atoms with Gasteiger partial charge >= 0.3 is 5.97 Å². The molecule has 0 aliphatic carbocycles. The van der Waals surface area contributed by atoms with Gasteiger partial charge in [0.25, 0.3) is 0 Å². The summed E-state index contributed by atoms with van der Waals surface area (Å²) in [6.07, 6.45) is 0.411. The molecule has 2 aliphatic heterocycles. The molecule has 2 saturated heterocycles. The highest BCUT2D eigenvalue weighted by atomic mass is 16.4. The van der Waals surface area contributed by atoms with Crippen LogP contribution in [0, 0.1) is 5.92 Å². The first-order valence-corrected chi connectivity index (χ1v) is 6.10. The van der Waals surface area contributed by atoms with Crippen molar-refractivity contribution in [3.8, 4) is 0 Å². The summed E-state index contributed by atoms with van der Waals surface area (Å²) < 4.78 is 0. The minimum absolute atomic E-state index is 0.110. The number of hydrogen-bond acceptors (Lipinski definition) is 4. The monoisotopic (exact) mass is 255 g/mol. The van der Waals surface area contributed by atoms with Crippen LogP contribution < -0.4 is 10.6 Å². The summed E-state index contributed by atoms with van der Waals surface area (Å²) in [4.78, 5) is 36.1. The van der Waals surface area contributed by atoms with Crippen molar-refractivity contribution in [2.75, 3.05) is 26.2 Å². The van der Waals surface area contributed by atoms with Gasteiger partial charge in [-0.05, 0) is 13.0 Å². The van der Waals surface area contributed by atoms with Crippen LogP contribution in [0.3, 0.4) is 0 Å². The van der Waals surface area contributed by atoms with E-state index in [2.05, 4.69) is 10.6 Å². The van der Waals surface area contributed by atoms with E-state index in [1.54, 1.807) is 0 Å². The topological polar surface area (TPSA) is 98.7 Å². The van der Waals surface area contributed by atoms with Gasteiger partial charge in [0.1, 0.15) is 6.04 Å². The Morgan fingerprint density at radius 1 is 1.39 bits per heavy atom. The fraction of sp³-hybridized carbons (Fsp3) is 0.727. The van der Waals surface area contributed by atoms with E-state index in [1.807, 2.05) is 0 Å². The Morgan fingerprint density at radius 2 is 2.17 bits per heavy atom. The Balaban J connectivity index is 2.09. The van der Waals surface area contributed by atoms with Gasteiger partial charge in [0.2, 0.25) is 11.8 Å². The van der Waals surface area contributed by atoms with Crippen molar-refractivity contribution in [2.45, 2.75) is 18.9 Å².